The van der Waals surface area contributed by atoms with Crippen molar-refractivity contribution in [2.45, 2.75) is 33.2 Å². The molecule has 0 aliphatic rings. The molecule has 1 rings (SSSR count). The second kappa shape index (κ2) is 7.62. The molecule has 1 N–H and O–H groups in total. The molecule has 0 saturated heterocycles. The number of carbonyl (C=O) groups excluding carboxylic acids is 1. The molecule has 8 heteroatoms. The summed E-state index contributed by atoms with van der Waals surface area (Å²) in [6, 6.07) is 0.956. The fourth-order valence-electron chi connectivity index (χ4n) is 2.15. The van der Waals surface area contributed by atoms with Gasteiger partial charge >= 0.3 is 0 Å². The molecular formula is C14H20Cl2N2O3S. The first-order valence-electron chi connectivity index (χ1n) is 6.81. The molecule has 0 aliphatic heterocycles. The Morgan fingerprint density at radius 1 is 1.36 bits per heavy atom. The monoisotopic (exact) mass is 366 g/mol. The van der Waals surface area contributed by atoms with Gasteiger partial charge in [-0.2, -0.15) is 0 Å². The summed E-state index contributed by atoms with van der Waals surface area (Å²) in [5.41, 5.74) is 0.804. The minimum absolute atomic E-state index is 0.109. The molecule has 22 heavy (non-hydrogen) atoms. The normalized spacial score (nSPS) is 13.2. The lowest BCUT2D eigenvalue weighted by molar-refractivity contribution is 0.0936. The molecule has 0 aliphatic carbocycles. The summed E-state index contributed by atoms with van der Waals surface area (Å²) in [5, 5.41) is 3.02. The van der Waals surface area contributed by atoms with Gasteiger partial charge in [0.25, 0.3) is 5.91 Å². The summed E-state index contributed by atoms with van der Waals surface area (Å²) >= 11 is 11.7. The van der Waals surface area contributed by atoms with Crippen LogP contribution in [0.15, 0.2) is 6.07 Å². The van der Waals surface area contributed by atoms with Crippen LogP contribution in [0, 0.1) is 12.8 Å². The molecule has 0 fully saturated rings. The van der Waals surface area contributed by atoms with Crippen molar-refractivity contribution in [2.75, 3.05) is 12.0 Å². The van der Waals surface area contributed by atoms with Crippen LogP contribution in [-0.2, 0) is 9.84 Å². The van der Waals surface area contributed by atoms with E-state index in [9.17, 15) is 13.2 Å². The highest BCUT2D eigenvalue weighted by Crippen LogP contribution is 2.21. The predicted molar refractivity (Wildman–Crippen MR) is 89.4 cm³/mol. The van der Waals surface area contributed by atoms with Gasteiger partial charge in [-0.1, -0.05) is 37.0 Å². The summed E-state index contributed by atoms with van der Waals surface area (Å²) in [4.78, 5) is 16.3. The maximum atomic E-state index is 12.4. The molecule has 5 nitrogen and oxygen atoms in total. The van der Waals surface area contributed by atoms with Crippen LogP contribution >= 0.6 is 23.2 Å². The van der Waals surface area contributed by atoms with Gasteiger partial charge in [0.1, 0.15) is 20.1 Å². The number of nitrogens with one attached hydrogen (secondary N) is 1. The maximum absolute atomic E-state index is 12.4. The van der Waals surface area contributed by atoms with E-state index in [0.717, 1.165) is 6.26 Å². The first-order chi connectivity index (χ1) is 9.99. The second-order valence-corrected chi connectivity index (χ2v) is 8.73. The Morgan fingerprint density at radius 2 is 1.95 bits per heavy atom. The topological polar surface area (TPSA) is 76.1 Å². The van der Waals surface area contributed by atoms with Crippen molar-refractivity contribution in [3.8, 4) is 0 Å². The average Bonchev–Trinajstić information content (AvgIpc) is 2.30. The molecule has 0 radical (unpaired) electrons. The van der Waals surface area contributed by atoms with Crippen LogP contribution in [0.25, 0.3) is 0 Å². The third kappa shape index (κ3) is 6.10. The second-order valence-electron chi connectivity index (χ2n) is 5.80. The van der Waals surface area contributed by atoms with Gasteiger partial charge in [0.2, 0.25) is 0 Å². The molecule has 1 amide bonds. The summed E-state index contributed by atoms with van der Waals surface area (Å²) in [7, 11) is -3.20. The third-order valence-corrected chi connectivity index (χ3v) is 4.59. The van der Waals surface area contributed by atoms with E-state index >= 15 is 0 Å². The lowest BCUT2D eigenvalue weighted by atomic mass is 10.0. The van der Waals surface area contributed by atoms with Gasteiger partial charge in [0, 0.05) is 17.9 Å². The summed E-state index contributed by atoms with van der Waals surface area (Å²) in [6.07, 6.45) is 1.71. The largest absolute Gasteiger partial charge is 0.348 e. The molecule has 0 unspecified atom stereocenters. The van der Waals surface area contributed by atoms with Crippen LogP contribution in [0.5, 0.6) is 0 Å². The fourth-order valence-corrected chi connectivity index (χ4v) is 3.53. The lowest BCUT2D eigenvalue weighted by Gasteiger charge is -2.20. The third-order valence-electron chi connectivity index (χ3n) is 3.02. The van der Waals surface area contributed by atoms with Gasteiger partial charge < -0.3 is 5.32 Å². The zero-order valence-electron chi connectivity index (χ0n) is 13.0. The number of sulfone groups is 1. The van der Waals surface area contributed by atoms with E-state index < -0.39 is 21.8 Å². The SMILES string of the molecule is Cc1c(C(=O)N[C@@H](CC(C)C)CS(C)(=O)=O)cc(Cl)nc1Cl. The standard InChI is InChI=1S/C14H20Cl2N2O3S/c1-8(2)5-10(7-22(4,20)21)17-14(19)11-6-12(15)18-13(16)9(11)3/h6,8,10H,5,7H2,1-4H3,(H,17,19)/t10-/m0/s1. The molecule has 124 valence electrons. The van der Waals surface area contributed by atoms with Gasteiger partial charge in [-0.05, 0) is 30.9 Å². The van der Waals surface area contributed by atoms with E-state index in [-0.39, 0.29) is 22.0 Å². The first-order valence-corrected chi connectivity index (χ1v) is 9.62. The van der Waals surface area contributed by atoms with Crippen LogP contribution in [0.4, 0.5) is 0 Å². The molecule has 0 aromatic carbocycles. The van der Waals surface area contributed by atoms with Crippen LogP contribution in [0.1, 0.15) is 36.2 Å². The van der Waals surface area contributed by atoms with Crippen molar-refractivity contribution >= 4 is 38.9 Å². The summed E-state index contributed by atoms with van der Waals surface area (Å²) in [5.74, 6) is -0.265. The number of carbonyl (C=O) groups is 1. The number of pyridine rings is 1. The molecule has 0 bridgehead atoms. The fraction of sp³-hybridized carbons (Fsp3) is 0.571. The van der Waals surface area contributed by atoms with Crippen molar-refractivity contribution in [3.63, 3.8) is 0 Å². The molecule has 0 spiro atoms. The number of aromatic nitrogens is 1. The number of nitrogens with zero attached hydrogens (tertiary/aromatic N) is 1. The number of rotatable bonds is 6. The highest BCUT2D eigenvalue weighted by molar-refractivity contribution is 7.90. The van der Waals surface area contributed by atoms with Crippen LogP contribution < -0.4 is 5.32 Å². The van der Waals surface area contributed by atoms with Crippen molar-refractivity contribution in [1.82, 2.24) is 10.3 Å². The van der Waals surface area contributed by atoms with Crippen LogP contribution in [0.3, 0.4) is 0 Å². The summed E-state index contributed by atoms with van der Waals surface area (Å²) < 4.78 is 23.0. The number of halogens is 2. The average molecular weight is 367 g/mol. The van der Waals surface area contributed by atoms with E-state index in [1.54, 1.807) is 6.92 Å². The Labute approximate surface area is 141 Å². The first kappa shape index (κ1) is 19.2. The minimum Gasteiger partial charge on any atom is -0.348 e. The van der Waals surface area contributed by atoms with E-state index in [0.29, 0.717) is 17.5 Å². The number of hydrogen-bond acceptors (Lipinski definition) is 4. The van der Waals surface area contributed by atoms with Crippen molar-refractivity contribution in [3.05, 3.63) is 27.5 Å². The van der Waals surface area contributed by atoms with Gasteiger partial charge in [-0.25, -0.2) is 13.4 Å². The molecule has 1 aromatic rings. The van der Waals surface area contributed by atoms with E-state index in [1.165, 1.54) is 6.07 Å². The Morgan fingerprint density at radius 3 is 2.45 bits per heavy atom. The van der Waals surface area contributed by atoms with Gasteiger partial charge in [0.15, 0.2) is 0 Å². The molecular weight excluding hydrogens is 347 g/mol. The summed E-state index contributed by atoms with van der Waals surface area (Å²) in [6.45, 7) is 5.59. The quantitative estimate of drug-likeness (QED) is 0.785. The number of hydrogen-bond donors (Lipinski definition) is 1. The zero-order chi connectivity index (χ0) is 17.1. The van der Waals surface area contributed by atoms with Crippen molar-refractivity contribution < 1.29 is 13.2 Å². The van der Waals surface area contributed by atoms with Crippen LogP contribution in [-0.4, -0.2) is 37.4 Å². The van der Waals surface area contributed by atoms with Crippen LogP contribution in [0.2, 0.25) is 10.3 Å². The van der Waals surface area contributed by atoms with Gasteiger partial charge in [-0.15, -0.1) is 0 Å². The Bertz CT molecular complexity index is 660. The highest BCUT2D eigenvalue weighted by atomic mass is 35.5. The maximum Gasteiger partial charge on any atom is 0.252 e. The van der Waals surface area contributed by atoms with E-state index in [1.807, 2.05) is 13.8 Å². The molecule has 1 atom stereocenters. The van der Waals surface area contributed by atoms with Gasteiger partial charge in [0.05, 0.1) is 5.75 Å². The highest BCUT2D eigenvalue weighted by Gasteiger charge is 2.21. The number of amides is 1. The van der Waals surface area contributed by atoms with E-state index in [4.69, 9.17) is 23.2 Å². The van der Waals surface area contributed by atoms with E-state index in [2.05, 4.69) is 10.3 Å². The smallest absolute Gasteiger partial charge is 0.252 e. The molecule has 0 saturated carbocycles. The Kier molecular flexibility index (Phi) is 6.65. The van der Waals surface area contributed by atoms with Crippen molar-refractivity contribution in [1.29, 1.82) is 0 Å². The Balaban J connectivity index is 3.00. The minimum atomic E-state index is -3.20. The predicted octanol–water partition coefficient (Wildman–Crippen LogP) is 2.89. The molecule has 1 heterocycles. The zero-order valence-corrected chi connectivity index (χ0v) is 15.3. The molecule has 1 aromatic heterocycles. The van der Waals surface area contributed by atoms with Gasteiger partial charge in [-0.3, -0.25) is 4.79 Å². The van der Waals surface area contributed by atoms with Crippen molar-refractivity contribution in [2.24, 2.45) is 5.92 Å². The lowest BCUT2D eigenvalue weighted by Crippen LogP contribution is -2.40. The Hall–Kier alpha value is -0.850.